The molecule has 0 N–H and O–H groups in total. The van der Waals surface area contributed by atoms with Crippen LogP contribution in [0.15, 0.2) is 358 Å². The number of ether oxygens (including phenoxy) is 2. The van der Waals surface area contributed by atoms with E-state index < -0.39 is 5.41 Å². The van der Waals surface area contributed by atoms with Crippen LogP contribution in [0.3, 0.4) is 0 Å². The summed E-state index contributed by atoms with van der Waals surface area (Å²) in [7, 11) is 0. The summed E-state index contributed by atoms with van der Waals surface area (Å²) in [5.41, 5.74) is 22.9. The molecule has 13 heteroatoms. The molecule has 109 heavy (non-hydrogen) atoms. The maximum absolute atomic E-state index is 9.30. The molecule has 3 aliphatic heterocycles. The number of fused-ring (bicyclic) bond motifs is 16. The van der Waals surface area contributed by atoms with Crippen LogP contribution in [-0.4, -0.2) is 29.1 Å². The van der Waals surface area contributed by atoms with Crippen LogP contribution < -0.4 is 19.3 Å². The highest BCUT2D eigenvalue weighted by molar-refractivity contribution is 6.19. The molecule has 0 saturated heterocycles. The summed E-state index contributed by atoms with van der Waals surface area (Å²) in [6.07, 6.45) is 4.99. The molecule has 510 valence electrons. The third kappa shape index (κ3) is 11.0. The van der Waals surface area contributed by atoms with Crippen molar-refractivity contribution in [2.24, 2.45) is 0 Å². The maximum Gasteiger partial charge on any atom is 0.273 e. The summed E-state index contributed by atoms with van der Waals surface area (Å²) in [4.78, 5) is 29.1. The van der Waals surface area contributed by atoms with E-state index in [9.17, 15) is 5.26 Å². The fourth-order valence-corrected chi connectivity index (χ4v) is 15.8. The monoisotopic (exact) mass is 1400 g/mol. The van der Waals surface area contributed by atoms with Gasteiger partial charge in [0.2, 0.25) is 0 Å². The van der Waals surface area contributed by atoms with Crippen molar-refractivity contribution in [3.05, 3.63) is 409 Å². The number of hydrogen-bond donors (Lipinski definition) is 0. The molecule has 0 radical (unpaired) electrons. The number of hydrogen-bond acceptors (Lipinski definition) is 9. The Balaban J connectivity index is 0.000000113. The second-order valence-electron chi connectivity index (χ2n) is 26.6. The van der Waals surface area contributed by atoms with E-state index in [0.717, 1.165) is 113 Å². The molecule has 8 heterocycles. The lowest BCUT2D eigenvalue weighted by atomic mass is 9.61. The van der Waals surface area contributed by atoms with E-state index in [1.807, 2.05) is 78.9 Å². The molecule has 0 saturated carbocycles. The number of benzene rings is 13. The van der Waals surface area contributed by atoms with Gasteiger partial charge in [0.05, 0.1) is 79.8 Å². The summed E-state index contributed by atoms with van der Waals surface area (Å²) in [6.45, 7) is 14.5. The summed E-state index contributed by atoms with van der Waals surface area (Å²) >= 11 is 0. The number of para-hydroxylation sites is 11. The molecule has 13 nitrogen and oxygen atoms in total. The summed E-state index contributed by atoms with van der Waals surface area (Å²) in [5, 5.41) is 14.2. The zero-order valence-electron chi connectivity index (χ0n) is 58.3. The number of anilines is 6. The van der Waals surface area contributed by atoms with Crippen molar-refractivity contribution in [3.63, 3.8) is 0 Å². The van der Waals surface area contributed by atoms with E-state index in [1.165, 1.54) is 49.2 Å². The van der Waals surface area contributed by atoms with E-state index in [1.54, 1.807) is 42.9 Å². The molecule has 0 amide bonds. The molecule has 3 aliphatic rings. The molecule has 0 atom stereocenters. The van der Waals surface area contributed by atoms with Crippen LogP contribution in [0.4, 0.5) is 45.6 Å². The van der Waals surface area contributed by atoms with E-state index in [0.29, 0.717) is 22.9 Å². The molecule has 5 aromatic heterocycles. The Kier molecular flexibility index (Phi) is 15.9. The van der Waals surface area contributed by atoms with Gasteiger partial charge in [-0.3, -0.25) is 9.97 Å². The van der Waals surface area contributed by atoms with Gasteiger partial charge < -0.3 is 33.3 Å². The second kappa shape index (κ2) is 27.0. The summed E-state index contributed by atoms with van der Waals surface area (Å²) in [6, 6.07) is 118. The Bertz CT molecular complexity index is 6610. The van der Waals surface area contributed by atoms with Gasteiger partial charge in [-0.25, -0.2) is 9.83 Å². The molecule has 0 fully saturated rings. The number of aromatic nitrogens is 6. The van der Waals surface area contributed by atoms with Crippen LogP contribution in [0.5, 0.6) is 23.0 Å². The van der Waals surface area contributed by atoms with Crippen molar-refractivity contribution in [1.82, 2.24) is 29.1 Å². The van der Waals surface area contributed by atoms with Gasteiger partial charge in [0.15, 0.2) is 17.2 Å². The quantitative estimate of drug-likeness (QED) is 0.144. The van der Waals surface area contributed by atoms with Crippen molar-refractivity contribution in [3.8, 4) is 74.3 Å². The van der Waals surface area contributed by atoms with E-state index in [-0.39, 0.29) is 0 Å². The topological polar surface area (TPSA) is 119 Å². The third-order valence-corrected chi connectivity index (χ3v) is 20.6. The lowest BCUT2D eigenvalue weighted by Crippen LogP contribution is -2.39. The Hall–Kier alpha value is -15.5. The van der Waals surface area contributed by atoms with Crippen molar-refractivity contribution < 1.29 is 9.47 Å². The average molecular weight is 1400 g/mol. The van der Waals surface area contributed by atoms with Crippen LogP contribution in [0.2, 0.25) is 0 Å². The standard InChI is InChI=1S/C36H22N4O.C36H22N4.C24H15N3O/c1-37-34-22-23-38-35(39-34)24-18-20-25(21-19-24)40-30-14-6-2-10-26(30)36(27-11-3-7-15-31(27)40)28-12-4-8-16-32(28)41-33-17-9-5-13-29(33)36;37-23-24-18-19-38-32(20-24)25-14-16-27(17-15-25)40-34-13-7-5-11-29(34)31-21-35-30(22-36(31)40)28-10-4-6-12-33(28)39(35)26-8-2-1-3-9-26;1-25-18-14-15-26-20(16-18)17-10-12-19(13-11-17)27-21-6-2-4-8-23(21)28-24-9-5-3-7-22(24)27/h2-23H;1-22H;2-16H. The smallest absolute Gasteiger partial charge is 0.273 e. The van der Waals surface area contributed by atoms with Gasteiger partial charge in [-0.1, -0.05) is 187 Å². The lowest BCUT2D eigenvalue weighted by Gasteiger charge is -2.48. The van der Waals surface area contributed by atoms with Crippen molar-refractivity contribution in [1.29, 1.82) is 5.26 Å². The zero-order valence-corrected chi connectivity index (χ0v) is 58.3. The maximum atomic E-state index is 9.30. The minimum atomic E-state index is -0.552. The van der Waals surface area contributed by atoms with Crippen molar-refractivity contribution in [2.75, 3.05) is 9.80 Å². The van der Waals surface area contributed by atoms with Gasteiger partial charge >= 0.3 is 0 Å². The molecule has 18 aromatic rings. The predicted octanol–water partition coefficient (Wildman–Crippen LogP) is 24.7. The Morgan fingerprint density at radius 3 is 1.29 bits per heavy atom. The van der Waals surface area contributed by atoms with Gasteiger partial charge in [-0.2, -0.15) is 5.26 Å². The third-order valence-electron chi connectivity index (χ3n) is 20.6. The Morgan fingerprint density at radius 1 is 0.330 bits per heavy atom. The minimum absolute atomic E-state index is 0.334. The van der Waals surface area contributed by atoms with Gasteiger partial charge in [0.1, 0.15) is 11.5 Å². The first-order valence-electron chi connectivity index (χ1n) is 35.7. The highest BCUT2D eigenvalue weighted by Crippen LogP contribution is 2.63. The summed E-state index contributed by atoms with van der Waals surface area (Å²) < 4.78 is 17.3. The number of nitriles is 1. The molecular formula is C96H59N11O2. The van der Waals surface area contributed by atoms with Crippen molar-refractivity contribution >= 4 is 89.2 Å². The van der Waals surface area contributed by atoms with Crippen LogP contribution in [0.1, 0.15) is 27.8 Å². The lowest BCUT2D eigenvalue weighted by molar-refractivity contribution is 0.434. The van der Waals surface area contributed by atoms with E-state index >= 15 is 0 Å². The molecule has 0 bridgehead atoms. The molecule has 13 aromatic carbocycles. The van der Waals surface area contributed by atoms with Gasteiger partial charge in [0, 0.05) is 85.1 Å². The number of rotatable bonds is 7. The Morgan fingerprint density at radius 2 is 0.752 bits per heavy atom. The van der Waals surface area contributed by atoms with Crippen LogP contribution in [0, 0.1) is 24.5 Å². The van der Waals surface area contributed by atoms with Crippen LogP contribution >= 0.6 is 0 Å². The van der Waals surface area contributed by atoms with E-state index in [2.05, 4.69) is 291 Å². The first-order chi connectivity index (χ1) is 53.9. The van der Waals surface area contributed by atoms with Gasteiger partial charge in [0.25, 0.3) is 11.6 Å². The molecular weight excluding hydrogens is 1340 g/mol. The Labute approximate surface area is 627 Å². The van der Waals surface area contributed by atoms with E-state index in [4.69, 9.17) is 22.6 Å². The van der Waals surface area contributed by atoms with Gasteiger partial charge in [-0.15, -0.1) is 0 Å². The minimum Gasteiger partial charge on any atom is -0.457 e. The first kappa shape index (κ1) is 64.4. The van der Waals surface area contributed by atoms with Gasteiger partial charge in [-0.05, 0) is 180 Å². The zero-order chi connectivity index (χ0) is 72.9. The SMILES string of the molecule is N#Cc1ccnc(-c2ccc(-n3c4ccccc4c4cc5c(cc43)c3ccccc3n5-c3ccccc3)cc2)c1.[C-]#[N+]c1ccnc(-c2ccc(N3c4ccccc4C4(c5ccccc5Oc5ccccc54)c4ccccc43)cc2)n1.[C-]#[N+]c1ccnc(-c2ccc(N3c4ccccc4Oc4ccccc43)cc2)c1. The molecule has 21 rings (SSSR count). The number of pyridine rings is 2. The molecule has 0 aliphatic carbocycles. The highest BCUT2D eigenvalue weighted by atomic mass is 16.5. The predicted molar refractivity (Wildman–Crippen MR) is 434 cm³/mol. The normalized spacial score (nSPS) is 12.4. The molecule has 0 unspecified atom stereocenters. The fourth-order valence-electron chi connectivity index (χ4n) is 15.8. The molecule has 1 spiro atoms. The average Bonchev–Trinajstić information content (AvgIpc) is 1.42. The largest absolute Gasteiger partial charge is 0.457 e. The second-order valence-corrected chi connectivity index (χ2v) is 26.6. The number of nitrogens with zero attached hydrogens (tertiary/aromatic N) is 11. The van der Waals surface area contributed by atoms with Crippen molar-refractivity contribution in [2.45, 2.75) is 5.41 Å². The highest BCUT2D eigenvalue weighted by Gasteiger charge is 2.51. The first-order valence-corrected chi connectivity index (χ1v) is 35.7. The summed E-state index contributed by atoms with van der Waals surface area (Å²) in [5.74, 6) is 4.28. The van der Waals surface area contributed by atoms with Crippen LogP contribution in [-0.2, 0) is 5.41 Å². The van der Waals surface area contributed by atoms with Crippen LogP contribution in [0.25, 0.3) is 98.6 Å². The fraction of sp³-hybridized carbons (Fsp3) is 0.0104.